The zero-order chi connectivity index (χ0) is 15.6. The number of carbonyl (C=O) groups excluding carboxylic acids is 1. The lowest BCUT2D eigenvalue weighted by atomic mass is 10.2. The van der Waals surface area contributed by atoms with Crippen molar-refractivity contribution in [3.05, 3.63) is 23.8 Å². The molecule has 0 bridgehead atoms. The number of methoxy groups -OCH3 is 1. The number of hydrogen-bond acceptors (Lipinski definition) is 7. The number of nitrogens with one attached hydrogen (secondary N) is 1. The second-order valence-corrected chi connectivity index (χ2v) is 6.70. The molecule has 2 N–H and O–H groups in total. The van der Waals surface area contributed by atoms with Crippen LogP contribution in [0.5, 0.6) is 0 Å². The molecule has 0 fully saturated rings. The number of benzene rings is 1. The molecule has 0 radical (unpaired) electrons. The monoisotopic (exact) mass is 330 g/mol. The molecule has 112 valence electrons. The SMILES string of the molecule is COC(=O)CS(=O)(=O)Nc1nc2ccc(C(=O)O)cc2s1. The molecule has 0 saturated heterocycles. The molecule has 1 aromatic heterocycles. The molecule has 0 atom stereocenters. The lowest BCUT2D eigenvalue weighted by Gasteiger charge is -2.02. The highest BCUT2D eigenvalue weighted by molar-refractivity contribution is 7.93. The van der Waals surface area contributed by atoms with E-state index in [-0.39, 0.29) is 10.7 Å². The molecule has 0 unspecified atom stereocenters. The van der Waals surface area contributed by atoms with Crippen molar-refractivity contribution in [1.29, 1.82) is 0 Å². The van der Waals surface area contributed by atoms with Crippen molar-refractivity contribution in [3.8, 4) is 0 Å². The summed E-state index contributed by atoms with van der Waals surface area (Å²) in [6.45, 7) is 0. The number of nitrogens with zero attached hydrogens (tertiary/aromatic N) is 1. The Labute approximate surface area is 123 Å². The van der Waals surface area contributed by atoms with Gasteiger partial charge in [0.05, 0.1) is 22.9 Å². The summed E-state index contributed by atoms with van der Waals surface area (Å²) in [4.78, 5) is 25.9. The first kappa shape index (κ1) is 15.2. The van der Waals surface area contributed by atoms with Gasteiger partial charge in [0, 0.05) is 0 Å². The Bertz CT molecular complexity index is 811. The van der Waals surface area contributed by atoms with E-state index in [4.69, 9.17) is 5.11 Å². The number of rotatable bonds is 5. The summed E-state index contributed by atoms with van der Waals surface area (Å²) in [5, 5.41) is 8.94. The number of esters is 1. The molecule has 2 rings (SSSR count). The molecule has 1 aromatic carbocycles. The van der Waals surface area contributed by atoms with Gasteiger partial charge in [0.2, 0.25) is 10.0 Å². The molecule has 1 heterocycles. The van der Waals surface area contributed by atoms with Crippen LogP contribution in [-0.2, 0) is 19.6 Å². The van der Waals surface area contributed by atoms with E-state index < -0.39 is 27.7 Å². The van der Waals surface area contributed by atoms with Crippen LogP contribution >= 0.6 is 11.3 Å². The van der Waals surface area contributed by atoms with E-state index in [0.717, 1.165) is 18.4 Å². The van der Waals surface area contributed by atoms with Crippen molar-refractivity contribution in [1.82, 2.24) is 4.98 Å². The van der Waals surface area contributed by atoms with Gasteiger partial charge < -0.3 is 9.84 Å². The van der Waals surface area contributed by atoms with Crippen LogP contribution in [0.25, 0.3) is 10.2 Å². The smallest absolute Gasteiger partial charge is 0.335 e. The number of sulfonamides is 1. The highest BCUT2D eigenvalue weighted by Gasteiger charge is 2.19. The molecular weight excluding hydrogens is 320 g/mol. The summed E-state index contributed by atoms with van der Waals surface area (Å²) in [6, 6.07) is 4.25. The predicted molar refractivity (Wildman–Crippen MR) is 76.0 cm³/mol. The fraction of sp³-hybridized carbons (Fsp3) is 0.182. The van der Waals surface area contributed by atoms with Crippen molar-refractivity contribution >= 4 is 48.6 Å². The molecule has 2 aromatic rings. The van der Waals surface area contributed by atoms with E-state index in [0.29, 0.717) is 10.2 Å². The third kappa shape index (κ3) is 3.67. The van der Waals surface area contributed by atoms with E-state index >= 15 is 0 Å². The maximum atomic E-state index is 11.7. The van der Waals surface area contributed by atoms with Crippen LogP contribution in [0.3, 0.4) is 0 Å². The van der Waals surface area contributed by atoms with Gasteiger partial charge >= 0.3 is 11.9 Å². The van der Waals surface area contributed by atoms with Crippen LogP contribution < -0.4 is 4.72 Å². The Balaban J connectivity index is 2.27. The summed E-state index contributed by atoms with van der Waals surface area (Å²) in [5.74, 6) is -2.80. The van der Waals surface area contributed by atoms with Crippen LogP contribution in [0.2, 0.25) is 0 Å². The minimum Gasteiger partial charge on any atom is -0.478 e. The van der Waals surface area contributed by atoms with Crippen LogP contribution in [-0.4, -0.2) is 43.3 Å². The summed E-state index contributed by atoms with van der Waals surface area (Å²) in [5.41, 5.74) is 0.538. The summed E-state index contributed by atoms with van der Waals surface area (Å²) >= 11 is 0.974. The summed E-state index contributed by atoms with van der Waals surface area (Å²) in [6.07, 6.45) is 0. The minimum atomic E-state index is -3.91. The minimum absolute atomic E-state index is 0.0523. The Morgan fingerprint density at radius 1 is 1.43 bits per heavy atom. The maximum Gasteiger partial charge on any atom is 0.335 e. The van der Waals surface area contributed by atoms with Gasteiger partial charge in [-0.2, -0.15) is 0 Å². The summed E-state index contributed by atoms with van der Waals surface area (Å²) < 4.78 is 30.3. The average molecular weight is 330 g/mol. The molecule has 10 heteroatoms. The fourth-order valence-electron chi connectivity index (χ4n) is 1.48. The highest BCUT2D eigenvalue weighted by atomic mass is 32.2. The number of aromatic carboxylic acids is 1. The lowest BCUT2D eigenvalue weighted by Crippen LogP contribution is -2.23. The number of carboxylic acid groups (broad SMARTS) is 1. The van der Waals surface area contributed by atoms with Gasteiger partial charge in [-0.3, -0.25) is 9.52 Å². The zero-order valence-electron chi connectivity index (χ0n) is 10.7. The topological polar surface area (TPSA) is 123 Å². The lowest BCUT2D eigenvalue weighted by molar-refractivity contribution is -0.137. The van der Waals surface area contributed by atoms with Gasteiger partial charge in [-0.15, -0.1) is 0 Å². The van der Waals surface area contributed by atoms with Gasteiger partial charge in [0.15, 0.2) is 10.9 Å². The van der Waals surface area contributed by atoms with Crippen molar-refractivity contribution in [2.24, 2.45) is 0 Å². The summed E-state index contributed by atoms with van der Waals surface area (Å²) in [7, 11) is -2.83. The highest BCUT2D eigenvalue weighted by Crippen LogP contribution is 2.27. The van der Waals surface area contributed by atoms with Gasteiger partial charge in [0.25, 0.3) is 0 Å². The van der Waals surface area contributed by atoms with Crippen LogP contribution in [0.15, 0.2) is 18.2 Å². The van der Waals surface area contributed by atoms with Crippen molar-refractivity contribution in [3.63, 3.8) is 0 Å². The molecule has 0 aliphatic carbocycles. The van der Waals surface area contributed by atoms with Gasteiger partial charge in [-0.25, -0.2) is 18.2 Å². The first-order valence-corrected chi connectivity index (χ1v) is 7.99. The Morgan fingerprint density at radius 3 is 2.76 bits per heavy atom. The normalized spacial score (nSPS) is 11.3. The Morgan fingerprint density at radius 2 is 2.14 bits per heavy atom. The van der Waals surface area contributed by atoms with Crippen molar-refractivity contribution in [2.45, 2.75) is 0 Å². The van der Waals surface area contributed by atoms with E-state index in [2.05, 4.69) is 14.4 Å². The number of hydrogen-bond donors (Lipinski definition) is 2. The molecular formula is C11H10N2O6S2. The number of thiazole rings is 1. The standard InChI is InChI=1S/C11H10N2O6S2/c1-19-9(14)5-21(17,18)13-11-12-7-3-2-6(10(15)16)4-8(7)20-11/h2-4H,5H2,1H3,(H,12,13)(H,15,16). The largest absolute Gasteiger partial charge is 0.478 e. The van der Waals surface area contributed by atoms with E-state index in [1.807, 2.05) is 0 Å². The number of aromatic nitrogens is 1. The second kappa shape index (κ2) is 5.66. The van der Waals surface area contributed by atoms with Crippen LogP contribution in [0.4, 0.5) is 5.13 Å². The molecule has 8 nitrogen and oxygen atoms in total. The molecule has 0 aliphatic rings. The fourth-order valence-corrected chi connectivity index (χ4v) is 3.60. The number of ether oxygens (including phenoxy) is 1. The molecule has 0 amide bonds. The van der Waals surface area contributed by atoms with E-state index in [9.17, 15) is 18.0 Å². The molecule has 21 heavy (non-hydrogen) atoms. The average Bonchev–Trinajstić information content (AvgIpc) is 2.77. The van der Waals surface area contributed by atoms with Crippen LogP contribution in [0, 0.1) is 0 Å². The predicted octanol–water partition coefficient (Wildman–Crippen LogP) is 0.909. The number of carbonyl (C=O) groups is 2. The third-order valence-corrected chi connectivity index (χ3v) is 4.60. The first-order chi connectivity index (χ1) is 9.80. The van der Waals surface area contributed by atoms with Gasteiger partial charge in [-0.1, -0.05) is 11.3 Å². The Kier molecular flexibility index (Phi) is 4.09. The second-order valence-electron chi connectivity index (χ2n) is 3.94. The zero-order valence-corrected chi connectivity index (χ0v) is 12.3. The van der Waals surface area contributed by atoms with Gasteiger partial charge in [0.1, 0.15) is 0 Å². The molecule has 0 aliphatic heterocycles. The first-order valence-electron chi connectivity index (χ1n) is 5.52. The quantitative estimate of drug-likeness (QED) is 0.781. The van der Waals surface area contributed by atoms with Crippen LogP contribution in [0.1, 0.15) is 10.4 Å². The maximum absolute atomic E-state index is 11.7. The number of anilines is 1. The van der Waals surface area contributed by atoms with E-state index in [1.54, 1.807) is 0 Å². The van der Waals surface area contributed by atoms with Gasteiger partial charge in [-0.05, 0) is 18.2 Å². The number of fused-ring (bicyclic) bond motifs is 1. The van der Waals surface area contributed by atoms with Crippen molar-refractivity contribution < 1.29 is 27.9 Å². The molecule has 0 spiro atoms. The third-order valence-electron chi connectivity index (χ3n) is 2.41. The number of carboxylic acids is 1. The Hall–Kier alpha value is -2.20. The van der Waals surface area contributed by atoms with Crippen molar-refractivity contribution in [2.75, 3.05) is 17.6 Å². The van der Waals surface area contributed by atoms with E-state index in [1.165, 1.54) is 18.2 Å². The molecule has 0 saturated carbocycles.